The van der Waals surface area contributed by atoms with E-state index in [1.165, 1.54) is 0 Å². The van der Waals surface area contributed by atoms with Crippen molar-refractivity contribution in [2.75, 3.05) is 0 Å². The van der Waals surface area contributed by atoms with E-state index >= 15 is 0 Å². The quantitative estimate of drug-likeness (QED) is 0.697. The van der Waals surface area contributed by atoms with Gasteiger partial charge in [0.1, 0.15) is 0 Å². The van der Waals surface area contributed by atoms with Crippen LogP contribution in [0.25, 0.3) is 0 Å². The summed E-state index contributed by atoms with van der Waals surface area (Å²) in [5, 5.41) is 0.669. The van der Waals surface area contributed by atoms with Gasteiger partial charge in [0.2, 0.25) is 0 Å². The van der Waals surface area contributed by atoms with Crippen LogP contribution < -0.4 is 0 Å². The first-order chi connectivity index (χ1) is 6.65. The van der Waals surface area contributed by atoms with Crippen LogP contribution in [0.1, 0.15) is 18.1 Å². The zero-order valence-corrected chi connectivity index (χ0v) is 9.14. The number of aryl methyl sites for hydroxylation is 1. The largest absolute Gasteiger partial charge is 0.294 e. The molecule has 2 heteroatoms. The van der Waals surface area contributed by atoms with Crippen LogP contribution in [0.15, 0.2) is 30.4 Å². The Hall–Kier alpha value is -1.08. The lowest BCUT2D eigenvalue weighted by Crippen LogP contribution is -2.01. The van der Waals surface area contributed by atoms with Crippen LogP contribution in [0.3, 0.4) is 0 Å². The molecule has 0 heterocycles. The number of carbonyl (C=O) groups is 1. The molecule has 0 aliphatic carbocycles. The van der Waals surface area contributed by atoms with Crippen molar-refractivity contribution >= 4 is 17.4 Å². The van der Waals surface area contributed by atoms with Crippen molar-refractivity contribution in [3.8, 4) is 0 Å². The molecule has 1 nitrogen and oxygen atoms in total. The maximum Gasteiger partial charge on any atom is 0.159 e. The van der Waals surface area contributed by atoms with E-state index in [1.54, 1.807) is 12.2 Å². The molecule has 1 aromatic carbocycles. The van der Waals surface area contributed by atoms with Crippen molar-refractivity contribution < 1.29 is 4.79 Å². The second-order valence-corrected chi connectivity index (χ2v) is 3.59. The van der Waals surface area contributed by atoms with Gasteiger partial charge in [-0.3, -0.25) is 4.79 Å². The van der Waals surface area contributed by atoms with Gasteiger partial charge >= 0.3 is 0 Å². The van der Waals surface area contributed by atoms with Gasteiger partial charge < -0.3 is 0 Å². The van der Waals surface area contributed by atoms with Gasteiger partial charge in [-0.05, 0) is 37.1 Å². The highest BCUT2D eigenvalue weighted by Gasteiger charge is 2.06. The van der Waals surface area contributed by atoms with Gasteiger partial charge in [-0.25, -0.2) is 0 Å². The van der Waals surface area contributed by atoms with Crippen LogP contribution in [0, 0.1) is 6.92 Å². The summed E-state index contributed by atoms with van der Waals surface area (Å²) in [7, 11) is 0. The number of halogens is 1. The van der Waals surface area contributed by atoms with Crippen LogP contribution in [0.2, 0.25) is 5.02 Å². The highest BCUT2D eigenvalue weighted by Crippen LogP contribution is 2.20. The molecule has 0 aliphatic rings. The van der Waals surface area contributed by atoms with Gasteiger partial charge in [-0.1, -0.05) is 29.8 Å². The van der Waals surface area contributed by atoms with Gasteiger partial charge in [-0.15, -0.1) is 0 Å². The van der Waals surface area contributed by atoms with E-state index in [2.05, 4.69) is 0 Å². The molecule has 0 saturated heterocycles. The van der Waals surface area contributed by atoms with Crippen molar-refractivity contribution in [2.45, 2.75) is 20.3 Å². The summed E-state index contributed by atoms with van der Waals surface area (Å²) in [6.45, 7) is 3.79. The molecule has 0 saturated carbocycles. The maximum absolute atomic E-state index is 11.4. The lowest BCUT2D eigenvalue weighted by atomic mass is 10.0. The zero-order valence-electron chi connectivity index (χ0n) is 8.38. The Morgan fingerprint density at radius 3 is 2.79 bits per heavy atom. The average Bonchev–Trinajstić information content (AvgIpc) is 2.12. The van der Waals surface area contributed by atoms with Gasteiger partial charge in [0.05, 0.1) is 0 Å². The van der Waals surface area contributed by atoms with Crippen molar-refractivity contribution in [1.29, 1.82) is 0 Å². The molecule has 0 spiro atoms. The third-order valence-corrected chi connectivity index (χ3v) is 2.41. The molecular weight excluding hydrogens is 196 g/mol. The highest BCUT2D eigenvalue weighted by molar-refractivity contribution is 6.31. The number of hydrogen-bond donors (Lipinski definition) is 0. The zero-order chi connectivity index (χ0) is 10.6. The number of rotatable bonds is 3. The number of hydrogen-bond acceptors (Lipinski definition) is 1. The number of benzene rings is 1. The Kier molecular flexibility index (Phi) is 3.90. The normalized spacial score (nSPS) is 10.8. The molecule has 0 unspecified atom stereocenters. The first-order valence-electron chi connectivity index (χ1n) is 4.54. The van der Waals surface area contributed by atoms with E-state index in [0.29, 0.717) is 11.4 Å². The van der Waals surface area contributed by atoms with Crippen molar-refractivity contribution in [1.82, 2.24) is 0 Å². The van der Waals surface area contributed by atoms with Crippen molar-refractivity contribution in [3.63, 3.8) is 0 Å². The molecule has 0 amide bonds. The lowest BCUT2D eigenvalue weighted by Gasteiger charge is -2.05. The standard InChI is InChI=1S/C12H13ClO/c1-3-5-10(14)8-11-9(2)6-4-7-12(11)13/h3-7H,8H2,1-2H3/b5-3+. The maximum atomic E-state index is 11.4. The lowest BCUT2D eigenvalue weighted by molar-refractivity contribution is -0.114. The second-order valence-electron chi connectivity index (χ2n) is 3.18. The molecular formula is C12H13ClO. The smallest absolute Gasteiger partial charge is 0.159 e. The van der Waals surface area contributed by atoms with E-state index in [0.717, 1.165) is 11.1 Å². The number of allylic oxidation sites excluding steroid dienone is 2. The first-order valence-corrected chi connectivity index (χ1v) is 4.92. The van der Waals surface area contributed by atoms with E-state index in [1.807, 2.05) is 32.0 Å². The average molecular weight is 209 g/mol. The van der Waals surface area contributed by atoms with Crippen LogP contribution in [0.5, 0.6) is 0 Å². The fourth-order valence-corrected chi connectivity index (χ4v) is 1.60. The molecule has 0 aromatic heterocycles. The van der Waals surface area contributed by atoms with Crippen LogP contribution in [-0.4, -0.2) is 5.78 Å². The Morgan fingerprint density at radius 1 is 1.50 bits per heavy atom. The monoisotopic (exact) mass is 208 g/mol. The fraction of sp³-hybridized carbons (Fsp3) is 0.250. The highest BCUT2D eigenvalue weighted by atomic mass is 35.5. The topological polar surface area (TPSA) is 17.1 Å². The Labute approximate surface area is 89.4 Å². The molecule has 0 bridgehead atoms. The SMILES string of the molecule is C/C=C/C(=O)Cc1c(C)cccc1Cl. The molecule has 0 N–H and O–H groups in total. The number of ketones is 1. The van der Waals surface area contributed by atoms with Crippen molar-refractivity contribution in [3.05, 3.63) is 46.5 Å². The summed E-state index contributed by atoms with van der Waals surface area (Å²) in [5.74, 6) is 0.0868. The summed E-state index contributed by atoms with van der Waals surface area (Å²) in [5.41, 5.74) is 1.99. The van der Waals surface area contributed by atoms with Gasteiger partial charge in [0.25, 0.3) is 0 Å². The summed E-state index contributed by atoms with van der Waals surface area (Å²) in [6.07, 6.45) is 3.70. The second kappa shape index (κ2) is 4.97. The van der Waals surface area contributed by atoms with Crippen LogP contribution >= 0.6 is 11.6 Å². The summed E-state index contributed by atoms with van der Waals surface area (Å²) in [4.78, 5) is 11.4. The molecule has 1 aromatic rings. The van der Waals surface area contributed by atoms with Crippen LogP contribution in [0.4, 0.5) is 0 Å². The third kappa shape index (κ3) is 2.71. The van der Waals surface area contributed by atoms with E-state index in [9.17, 15) is 4.79 Å². The van der Waals surface area contributed by atoms with Crippen LogP contribution in [-0.2, 0) is 11.2 Å². The predicted octanol–water partition coefficient (Wildman–Crippen LogP) is 3.34. The first kappa shape index (κ1) is 11.0. The minimum absolute atomic E-state index is 0.0868. The molecule has 0 fully saturated rings. The molecule has 0 radical (unpaired) electrons. The molecule has 1 rings (SSSR count). The summed E-state index contributed by atoms with van der Waals surface area (Å²) < 4.78 is 0. The van der Waals surface area contributed by atoms with E-state index in [-0.39, 0.29) is 5.78 Å². The Bertz CT molecular complexity index is 346. The molecule has 74 valence electrons. The molecule has 0 aliphatic heterocycles. The molecule has 0 atom stereocenters. The van der Waals surface area contributed by atoms with Gasteiger partial charge in [0.15, 0.2) is 5.78 Å². The van der Waals surface area contributed by atoms with E-state index in [4.69, 9.17) is 11.6 Å². The Balaban J connectivity index is 2.91. The predicted molar refractivity (Wildman–Crippen MR) is 59.7 cm³/mol. The summed E-state index contributed by atoms with van der Waals surface area (Å²) >= 11 is 6.00. The third-order valence-electron chi connectivity index (χ3n) is 2.06. The van der Waals surface area contributed by atoms with Gasteiger partial charge in [0, 0.05) is 11.4 Å². The minimum Gasteiger partial charge on any atom is -0.294 e. The fourth-order valence-electron chi connectivity index (χ4n) is 1.31. The Morgan fingerprint density at radius 2 is 2.21 bits per heavy atom. The molecule has 14 heavy (non-hydrogen) atoms. The van der Waals surface area contributed by atoms with Gasteiger partial charge in [-0.2, -0.15) is 0 Å². The number of carbonyl (C=O) groups excluding carboxylic acids is 1. The summed E-state index contributed by atoms with van der Waals surface area (Å²) in [6, 6.07) is 5.66. The minimum atomic E-state index is 0.0868. The van der Waals surface area contributed by atoms with E-state index < -0.39 is 0 Å². The van der Waals surface area contributed by atoms with Crippen molar-refractivity contribution in [2.24, 2.45) is 0 Å².